The Balaban J connectivity index is 2.00. The number of ketones is 1. The highest BCUT2D eigenvalue weighted by Gasteiger charge is 2.41. The molecule has 3 atom stereocenters. The van der Waals surface area contributed by atoms with E-state index < -0.39 is 0 Å². The van der Waals surface area contributed by atoms with Gasteiger partial charge in [-0.1, -0.05) is 112 Å². The molecule has 0 spiro atoms. The topological polar surface area (TPSA) is 17.1 Å². The maximum Gasteiger partial charge on any atom is 0.137 e. The smallest absolute Gasteiger partial charge is 0.137 e. The van der Waals surface area contributed by atoms with Gasteiger partial charge < -0.3 is 0 Å². The molecule has 0 saturated heterocycles. The van der Waals surface area contributed by atoms with Crippen molar-refractivity contribution in [1.29, 1.82) is 0 Å². The molecule has 0 N–H and O–H groups in total. The Morgan fingerprint density at radius 2 is 1.45 bits per heavy atom. The normalized spacial score (nSPS) is 22.5. The van der Waals surface area contributed by atoms with E-state index in [1.54, 1.807) is 0 Å². The first-order valence-corrected chi connectivity index (χ1v) is 14.1. The second kappa shape index (κ2) is 15.8. The zero-order valence-electron chi connectivity index (χ0n) is 20.6. The molecule has 2 heteroatoms. The summed E-state index contributed by atoms with van der Waals surface area (Å²) in [6.07, 6.45) is 21.5. The second-order valence-electron chi connectivity index (χ2n) is 10.6. The Hall–Kier alpha value is 0.0200. The number of Topliss-reactive ketones (excluding diaryl/α,β-unsaturated/α-hetero) is 1. The van der Waals surface area contributed by atoms with Crippen molar-refractivity contribution in [2.45, 2.75) is 143 Å². The third kappa shape index (κ3) is 11.8. The Labute approximate surface area is 188 Å². The van der Waals surface area contributed by atoms with Gasteiger partial charge in [-0.25, -0.2) is 0 Å². The van der Waals surface area contributed by atoms with Crippen molar-refractivity contribution in [3.63, 3.8) is 0 Å². The van der Waals surface area contributed by atoms with E-state index in [1.165, 1.54) is 102 Å². The molecule has 0 aliphatic heterocycles. The number of carbonyl (C=O) groups excluding carboxylic acids is 1. The molecule has 1 nitrogen and oxygen atoms in total. The Morgan fingerprint density at radius 3 is 1.97 bits per heavy atom. The molecule has 0 radical (unpaired) electrons. The standard InChI is InChI=1S/C27H52OS/c1-6-7-8-9-10-11-12-13-14-15-16-17-21-29-24(3)22-25(28)26-23(2)19-18-20-27(26,4)5/h23-24,26H,6-22H2,1-5H3/t23-,24?,26?/m1/s1. The summed E-state index contributed by atoms with van der Waals surface area (Å²) in [7, 11) is 0. The fourth-order valence-electron chi connectivity index (χ4n) is 5.42. The molecule has 0 aromatic carbocycles. The van der Waals surface area contributed by atoms with Crippen LogP contribution in [0.25, 0.3) is 0 Å². The molecule has 0 aromatic rings. The van der Waals surface area contributed by atoms with Crippen molar-refractivity contribution in [2.75, 3.05) is 5.75 Å². The van der Waals surface area contributed by atoms with Crippen LogP contribution >= 0.6 is 11.8 Å². The Kier molecular flexibility index (Phi) is 14.7. The summed E-state index contributed by atoms with van der Waals surface area (Å²) >= 11 is 2.03. The Morgan fingerprint density at radius 1 is 0.931 bits per heavy atom. The highest BCUT2D eigenvalue weighted by Crippen LogP contribution is 2.45. The maximum atomic E-state index is 13.0. The van der Waals surface area contributed by atoms with E-state index in [0.29, 0.717) is 17.0 Å². The summed E-state index contributed by atoms with van der Waals surface area (Å²) in [4.78, 5) is 13.0. The largest absolute Gasteiger partial charge is 0.299 e. The predicted octanol–water partition coefficient (Wildman–Crippen LogP) is 9.23. The molecule has 1 aliphatic carbocycles. The minimum Gasteiger partial charge on any atom is -0.299 e. The van der Waals surface area contributed by atoms with Crippen molar-refractivity contribution in [3.05, 3.63) is 0 Å². The summed E-state index contributed by atoms with van der Waals surface area (Å²) in [5.74, 6) is 2.62. The summed E-state index contributed by atoms with van der Waals surface area (Å²) < 4.78 is 0. The lowest BCUT2D eigenvalue weighted by Crippen LogP contribution is -2.40. The van der Waals surface area contributed by atoms with E-state index >= 15 is 0 Å². The fraction of sp³-hybridized carbons (Fsp3) is 0.963. The first kappa shape index (κ1) is 27.1. The number of hydrogen-bond acceptors (Lipinski definition) is 2. The quantitative estimate of drug-likeness (QED) is 0.216. The van der Waals surface area contributed by atoms with Crippen LogP contribution in [0, 0.1) is 17.3 Å². The Bertz CT molecular complexity index is 417. The summed E-state index contributed by atoms with van der Waals surface area (Å²) in [6.45, 7) is 11.5. The molecule has 1 rings (SSSR count). The molecule has 1 fully saturated rings. The van der Waals surface area contributed by atoms with Gasteiger partial charge in [0.15, 0.2) is 0 Å². The molecule has 1 saturated carbocycles. The van der Waals surface area contributed by atoms with Crippen LogP contribution < -0.4 is 0 Å². The monoisotopic (exact) mass is 424 g/mol. The first-order chi connectivity index (χ1) is 13.9. The fourth-order valence-corrected chi connectivity index (χ4v) is 6.48. The molecule has 29 heavy (non-hydrogen) atoms. The molecule has 0 bridgehead atoms. The molecular weight excluding hydrogens is 372 g/mol. The van der Waals surface area contributed by atoms with Crippen LogP contribution in [0.5, 0.6) is 0 Å². The van der Waals surface area contributed by atoms with Crippen molar-refractivity contribution in [1.82, 2.24) is 0 Å². The van der Waals surface area contributed by atoms with Crippen LogP contribution in [0.2, 0.25) is 0 Å². The predicted molar refractivity (Wildman–Crippen MR) is 133 cm³/mol. The summed E-state index contributed by atoms with van der Waals surface area (Å²) in [5, 5.41) is 0.486. The lowest BCUT2D eigenvalue weighted by molar-refractivity contribution is -0.130. The molecular formula is C27H52OS. The second-order valence-corrected chi connectivity index (χ2v) is 12.1. The number of carbonyl (C=O) groups is 1. The minimum atomic E-state index is 0.203. The zero-order chi connectivity index (χ0) is 21.5. The minimum absolute atomic E-state index is 0.203. The number of rotatable bonds is 17. The van der Waals surface area contributed by atoms with Crippen LogP contribution in [0.4, 0.5) is 0 Å². The molecule has 0 heterocycles. The number of unbranched alkanes of at least 4 members (excludes halogenated alkanes) is 11. The van der Waals surface area contributed by atoms with Crippen LogP contribution in [0.1, 0.15) is 137 Å². The molecule has 172 valence electrons. The van der Waals surface area contributed by atoms with E-state index in [4.69, 9.17) is 0 Å². The third-order valence-corrected chi connectivity index (χ3v) is 8.39. The average molecular weight is 425 g/mol. The van der Waals surface area contributed by atoms with Gasteiger partial charge in [-0.15, -0.1) is 0 Å². The molecule has 2 unspecified atom stereocenters. The lowest BCUT2D eigenvalue weighted by Gasteiger charge is -2.42. The average Bonchev–Trinajstić information content (AvgIpc) is 2.64. The van der Waals surface area contributed by atoms with Gasteiger partial charge in [-0.05, 0) is 36.3 Å². The molecule has 1 aliphatic rings. The van der Waals surface area contributed by atoms with Gasteiger partial charge >= 0.3 is 0 Å². The van der Waals surface area contributed by atoms with Crippen molar-refractivity contribution >= 4 is 17.5 Å². The summed E-state index contributed by atoms with van der Waals surface area (Å²) in [6, 6.07) is 0. The van der Waals surface area contributed by atoms with Gasteiger partial charge in [0.05, 0.1) is 0 Å². The van der Waals surface area contributed by atoms with Gasteiger partial charge in [0, 0.05) is 17.6 Å². The van der Waals surface area contributed by atoms with E-state index in [2.05, 4.69) is 34.6 Å². The SMILES string of the molecule is CCCCCCCCCCCCCCSC(C)CC(=O)C1[C@H](C)CCCC1(C)C. The van der Waals surface area contributed by atoms with Gasteiger partial charge in [-0.2, -0.15) is 11.8 Å². The molecule has 0 amide bonds. The molecule has 0 aromatic heterocycles. The van der Waals surface area contributed by atoms with E-state index in [-0.39, 0.29) is 11.3 Å². The van der Waals surface area contributed by atoms with Crippen molar-refractivity contribution < 1.29 is 4.79 Å². The summed E-state index contributed by atoms with van der Waals surface area (Å²) in [5.41, 5.74) is 0.203. The van der Waals surface area contributed by atoms with Gasteiger partial charge in [0.2, 0.25) is 0 Å². The highest BCUT2D eigenvalue weighted by molar-refractivity contribution is 7.99. The van der Waals surface area contributed by atoms with Gasteiger partial charge in [0.1, 0.15) is 5.78 Å². The van der Waals surface area contributed by atoms with Crippen LogP contribution in [0.3, 0.4) is 0 Å². The highest BCUT2D eigenvalue weighted by atomic mass is 32.2. The van der Waals surface area contributed by atoms with Crippen LogP contribution in [0.15, 0.2) is 0 Å². The zero-order valence-corrected chi connectivity index (χ0v) is 21.4. The van der Waals surface area contributed by atoms with Crippen molar-refractivity contribution in [3.8, 4) is 0 Å². The number of thioether (sulfide) groups is 1. The van der Waals surface area contributed by atoms with Gasteiger partial charge in [0.25, 0.3) is 0 Å². The van der Waals surface area contributed by atoms with E-state index in [9.17, 15) is 4.79 Å². The van der Waals surface area contributed by atoms with E-state index in [1.807, 2.05) is 11.8 Å². The van der Waals surface area contributed by atoms with Crippen molar-refractivity contribution in [2.24, 2.45) is 17.3 Å². The number of hydrogen-bond donors (Lipinski definition) is 0. The van der Waals surface area contributed by atoms with Crippen LogP contribution in [-0.2, 0) is 4.79 Å². The maximum absolute atomic E-state index is 13.0. The van der Waals surface area contributed by atoms with Crippen LogP contribution in [-0.4, -0.2) is 16.8 Å². The third-order valence-electron chi connectivity index (χ3n) is 7.13. The first-order valence-electron chi connectivity index (χ1n) is 13.0. The van der Waals surface area contributed by atoms with E-state index in [0.717, 1.165) is 6.42 Å². The van der Waals surface area contributed by atoms with Gasteiger partial charge in [-0.3, -0.25) is 4.79 Å². The lowest BCUT2D eigenvalue weighted by atomic mass is 9.62.